The average Bonchev–Trinajstić information content (AvgIpc) is 2.90. The molecule has 0 unspecified atom stereocenters. The second kappa shape index (κ2) is 7.16. The summed E-state index contributed by atoms with van der Waals surface area (Å²) in [5, 5.41) is 4.40. The Bertz CT molecular complexity index is 599. The summed E-state index contributed by atoms with van der Waals surface area (Å²) in [5.41, 5.74) is 2.02. The molecular formula is C17H23N3O. The van der Waals surface area contributed by atoms with Gasteiger partial charge in [-0.3, -0.25) is 4.79 Å². The number of rotatable bonds is 7. The summed E-state index contributed by atoms with van der Waals surface area (Å²) >= 11 is 0. The van der Waals surface area contributed by atoms with Gasteiger partial charge in [0.25, 0.3) is 0 Å². The third kappa shape index (κ3) is 3.78. The third-order valence-electron chi connectivity index (χ3n) is 3.53. The molecule has 4 heteroatoms. The standard InChI is InChI=1S/C17H23N3O/c1-4-7-13-8-10-14(11-9-13)15(21)12-20-17(6-3)18-16(5-2)19-20/h8-11H,4-7,12H2,1-3H3. The molecule has 0 radical (unpaired) electrons. The predicted molar refractivity (Wildman–Crippen MR) is 83.5 cm³/mol. The Labute approximate surface area is 126 Å². The van der Waals surface area contributed by atoms with E-state index in [0.29, 0.717) is 0 Å². The van der Waals surface area contributed by atoms with E-state index >= 15 is 0 Å². The molecule has 112 valence electrons. The van der Waals surface area contributed by atoms with Gasteiger partial charge >= 0.3 is 0 Å². The molecule has 0 saturated carbocycles. The zero-order valence-corrected chi connectivity index (χ0v) is 13.1. The van der Waals surface area contributed by atoms with Crippen molar-refractivity contribution in [1.82, 2.24) is 14.8 Å². The molecular weight excluding hydrogens is 262 g/mol. The van der Waals surface area contributed by atoms with Gasteiger partial charge in [0.15, 0.2) is 11.6 Å². The van der Waals surface area contributed by atoms with Gasteiger partial charge in [-0.25, -0.2) is 9.67 Å². The lowest BCUT2D eigenvalue weighted by molar-refractivity contribution is 0.0966. The SMILES string of the molecule is CCCc1ccc(C(=O)Cn2nc(CC)nc2CC)cc1. The lowest BCUT2D eigenvalue weighted by Crippen LogP contribution is -2.14. The van der Waals surface area contributed by atoms with Crippen molar-refractivity contribution in [3.8, 4) is 0 Å². The summed E-state index contributed by atoms with van der Waals surface area (Å²) < 4.78 is 1.74. The molecule has 2 aromatic rings. The summed E-state index contributed by atoms with van der Waals surface area (Å²) in [6.07, 6.45) is 3.75. The maximum absolute atomic E-state index is 12.4. The number of hydrogen-bond donors (Lipinski definition) is 0. The Kier molecular flexibility index (Phi) is 5.26. The number of hydrogen-bond acceptors (Lipinski definition) is 3. The van der Waals surface area contributed by atoms with E-state index in [1.165, 1.54) is 5.56 Å². The van der Waals surface area contributed by atoms with Gasteiger partial charge in [-0.05, 0) is 12.0 Å². The number of aromatic nitrogens is 3. The van der Waals surface area contributed by atoms with E-state index in [2.05, 4.69) is 17.0 Å². The van der Waals surface area contributed by atoms with Crippen LogP contribution in [0.4, 0.5) is 0 Å². The van der Waals surface area contributed by atoms with Crippen LogP contribution in [0.15, 0.2) is 24.3 Å². The Morgan fingerprint density at radius 3 is 2.38 bits per heavy atom. The van der Waals surface area contributed by atoms with E-state index in [0.717, 1.165) is 42.9 Å². The summed E-state index contributed by atoms with van der Waals surface area (Å²) in [6, 6.07) is 7.90. The molecule has 0 aliphatic rings. The van der Waals surface area contributed by atoms with Gasteiger partial charge in [0, 0.05) is 18.4 Å². The van der Waals surface area contributed by atoms with Gasteiger partial charge in [0.05, 0.1) is 0 Å². The lowest BCUT2D eigenvalue weighted by atomic mass is 10.1. The number of ketones is 1. The number of aryl methyl sites for hydroxylation is 3. The first-order valence-corrected chi connectivity index (χ1v) is 7.72. The van der Waals surface area contributed by atoms with Crippen LogP contribution in [0.25, 0.3) is 0 Å². The van der Waals surface area contributed by atoms with E-state index in [1.807, 2.05) is 38.1 Å². The highest BCUT2D eigenvalue weighted by molar-refractivity contribution is 5.95. The van der Waals surface area contributed by atoms with Crippen LogP contribution in [0.2, 0.25) is 0 Å². The van der Waals surface area contributed by atoms with Crippen molar-refractivity contribution in [1.29, 1.82) is 0 Å². The molecule has 0 saturated heterocycles. The fourth-order valence-corrected chi connectivity index (χ4v) is 2.34. The molecule has 0 amide bonds. The van der Waals surface area contributed by atoms with Crippen LogP contribution in [-0.2, 0) is 25.8 Å². The topological polar surface area (TPSA) is 47.8 Å². The van der Waals surface area contributed by atoms with Crippen LogP contribution in [-0.4, -0.2) is 20.5 Å². The van der Waals surface area contributed by atoms with Crippen LogP contribution in [0.1, 0.15) is 54.8 Å². The monoisotopic (exact) mass is 285 g/mol. The zero-order valence-electron chi connectivity index (χ0n) is 13.1. The Morgan fingerprint density at radius 2 is 1.81 bits per heavy atom. The number of benzene rings is 1. The van der Waals surface area contributed by atoms with Gasteiger partial charge < -0.3 is 0 Å². The first-order valence-electron chi connectivity index (χ1n) is 7.72. The van der Waals surface area contributed by atoms with E-state index < -0.39 is 0 Å². The summed E-state index contributed by atoms with van der Waals surface area (Å²) in [7, 11) is 0. The van der Waals surface area contributed by atoms with Gasteiger partial charge in [-0.2, -0.15) is 5.10 Å². The third-order valence-corrected chi connectivity index (χ3v) is 3.53. The lowest BCUT2D eigenvalue weighted by Gasteiger charge is -2.05. The van der Waals surface area contributed by atoms with Gasteiger partial charge in [0.2, 0.25) is 0 Å². The average molecular weight is 285 g/mol. The molecule has 0 N–H and O–H groups in total. The molecule has 0 aliphatic heterocycles. The van der Waals surface area contributed by atoms with Crippen molar-refractivity contribution in [3.63, 3.8) is 0 Å². The number of nitrogens with zero attached hydrogens (tertiary/aromatic N) is 3. The highest BCUT2D eigenvalue weighted by Gasteiger charge is 2.12. The fraction of sp³-hybridized carbons (Fsp3) is 0.471. The van der Waals surface area contributed by atoms with E-state index in [-0.39, 0.29) is 12.3 Å². The minimum atomic E-state index is 0.0836. The Hall–Kier alpha value is -1.97. The van der Waals surface area contributed by atoms with Crippen molar-refractivity contribution in [2.24, 2.45) is 0 Å². The normalized spacial score (nSPS) is 10.8. The fourth-order valence-electron chi connectivity index (χ4n) is 2.34. The van der Waals surface area contributed by atoms with Crippen molar-refractivity contribution >= 4 is 5.78 Å². The van der Waals surface area contributed by atoms with Crippen LogP contribution in [0, 0.1) is 0 Å². The molecule has 0 aliphatic carbocycles. The second-order valence-electron chi connectivity index (χ2n) is 5.18. The molecule has 4 nitrogen and oxygen atoms in total. The van der Waals surface area contributed by atoms with Crippen LogP contribution < -0.4 is 0 Å². The summed E-state index contributed by atoms with van der Waals surface area (Å²) in [6.45, 7) is 6.47. The van der Waals surface area contributed by atoms with Gasteiger partial charge in [-0.15, -0.1) is 0 Å². The number of carbonyl (C=O) groups is 1. The molecule has 0 atom stereocenters. The van der Waals surface area contributed by atoms with E-state index in [9.17, 15) is 4.79 Å². The minimum Gasteiger partial charge on any atom is -0.292 e. The van der Waals surface area contributed by atoms with Crippen molar-refractivity contribution in [2.75, 3.05) is 0 Å². The molecule has 1 aromatic carbocycles. The van der Waals surface area contributed by atoms with E-state index in [1.54, 1.807) is 4.68 Å². The van der Waals surface area contributed by atoms with Crippen LogP contribution in [0.5, 0.6) is 0 Å². The maximum atomic E-state index is 12.4. The number of Topliss-reactive ketones (excluding diaryl/α,β-unsaturated/α-hetero) is 1. The first-order chi connectivity index (χ1) is 10.2. The zero-order chi connectivity index (χ0) is 15.2. The summed E-state index contributed by atoms with van der Waals surface area (Å²) in [5.74, 6) is 1.76. The van der Waals surface area contributed by atoms with Crippen LogP contribution >= 0.6 is 0 Å². The van der Waals surface area contributed by atoms with Gasteiger partial charge in [-0.1, -0.05) is 51.5 Å². The maximum Gasteiger partial charge on any atom is 0.184 e. The molecule has 0 bridgehead atoms. The first kappa shape index (κ1) is 15.4. The Morgan fingerprint density at radius 1 is 1.10 bits per heavy atom. The van der Waals surface area contributed by atoms with Crippen LogP contribution in [0.3, 0.4) is 0 Å². The molecule has 0 fully saturated rings. The second-order valence-corrected chi connectivity index (χ2v) is 5.18. The van der Waals surface area contributed by atoms with Crippen molar-refractivity contribution in [2.45, 2.75) is 53.0 Å². The van der Waals surface area contributed by atoms with E-state index in [4.69, 9.17) is 0 Å². The highest BCUT2D eigenvalue weighted by atomic mass is 16.1. The van der Waals surface area contributed by atoms with Gasteiger partial charge in [0.1, 0.15) is 12.4 Å². The minimum absolute atomic E-state index is 0.0836. The molecule has 0 spiro atoms. The predicted octanol–water partition coefficient (Wildman–Crippen LogP) is 3.24. The largest absolute Gasteiger partial charge is 0.292 e. The van der Waals surface area contributed by atoms with Crippen molar-refractivity contribution < 1.29 is 4.79 Å². The smallest absolute Gasteiger partial charge is 0.184 e. The summed E-state index contributed by atoms with van der Waals surface area (Å²) in [4.78, 5) is 16.8. The molecule has 21 heavy (non-hydrogen) atoms. The Balaban J connectivity index is 2.11. The van der Waals surface area contributed by atoms with Crippen molar-refractivity contribution in [3.05, 3.63) is 47.0 Å². The molecule has 2 rings (SSSR count). The number of carbonyl (C=O) groups excluding carboxylic acids is 1. The quantitative estimate of drug-likeness (QED) is 0.734. The molecule has 1 heterocycles. The molecule has 1 aromatic heterocycles. The highest BCUT2D eigenvalue weighted by Crippen LogP contribution is 2.09.